The Morgan fingerprint density at radius 3 is 2.30 bits per heavy atom. The van der Waals surface area contributed by atoms with Crippen LogP contribution in [0, 0.1) is 5.41 Å². The minimum absolute atomic E-state index is 0.311. The Morgan fingerprint density at radius 1 is 0.909 bits per heavy atom. The number of nitrogens with one attached hydrogen (secondary N) is 3. The molecule has 164 valence electrons. The van der Waals surface area contributed by atoms with E-state index in [1.54, 1.807) is 60.7 Å². The van der Waals surface area contributed by atoms with E-state index in [1.807, 2.05) is 11.8 Å². The van der Waals surface area contributed by atoms with Crippen molar-refractivity contribution in [2.75, 3.05) is 35.2 Å². The molecule has 0 spiro atoms. The maximum atomic E-state index is 12.8. The van der Waals surface area contributed by atoms with E-state index in [4.69, 9.17) is 13.3 Å². The molecule has 3 N–H and O–H groups in total. The molecule has 2 amide bonds. The van der Waals surface area contributed by atoms with Gasteiger partial charge < -0.3 is 15.5 Å². The van der Waals surface area contributed by atoms with Crippen LogP contribution in [0.5, 0.6) is 0 Å². The number of benzene rings is 2. The van der Waals surface area contributed by atoms with Crippen LogP contribution in [0.25, 0.3) is 0 Å². The number of pyridine rings is 1. The van der Waals surface area contributed by atoms with Crippen LogP contribution in [-0.2, 0) is 0 Å². The summed E-state index contributed by atoms with van der Waals surface area (Å²) >= 11 is 1.89. The van der Waals surface area contributed by atoms with E-state index in [0.717, 1.165) is 30.2 Å². The zero-order chi connectivity index (χ0) is 23.2. The Kier molecular flexibility index (Phi) is 7.09. The van der Waals surface area contributed by atoms with Crippen molar-refractivity contribution in [2.24, 2.45) is 0 Å². The van der Waals surface area contributed by atoms with Crippen molar-refractivity contribution in [3.05, 3.63) is 83.6 Å². The monoisotopic (exact) mass is 455 g/mol. The van der Waals surface area contributed by atoms with Gasteiger partial charge in [0, 0.05) is 41.9 Å². The fourth-order valence-corrected chi connectivity index (χ4v) is 4.30. The molecular weight excluding hydrogens is 433 g/mol. The minimum atomic E-state index is -0.397. The molecule has 4 rings (SSSR count). The average Bonchev–Trinajstić information content (AvgIpc) is 2.86. The molecular formula is C24H22BN5O2S. The lowest BCUT2D eigenvalue weighted by Crippen LogP contribution is -2.37. The summed E-state index contributed by atoms with van der Waals surface area (Å²) in [6.45, 7) is 1.72. The van der Waals surface area contributed by atoms with Gasteiger partial charge in [-0.15, -0.1) is 0 Å². The van der Waals surface area contributed by atoms with E-state index < -0.39 is 5.91 Å². The van der Waals surface area contributed by atoms with Crippen LogP contribution in [0.1, 0.15) is 26.3 Å². The Morgan fingerprint density at radius 2 is 1.61 bits per heavy atom. The zero-order valence-corrected chi connectivity index (χ0v) is 18.7. The molecule has 7 nitrogen and oxygen atoms in total. The van der Waals surface area contributed by atoms with Gasteiger partial charge in [0.1, 0.15) is 19.5 Å². The van der Waals surface area contributed by atoms with Gasteiger partial charge in [-0.3, -0.25) is 15.0 Å². The molecule has 3 aromatic rings. The molecule has 9 heteroatoms. The highest BCUT2D eigenvalue weighted by atomic mass is 32.2. The van der Waals surface area contributed by atoms with E-state index >= 15 is 0 Å². The number of amidine groups is 1. The SMILES string of the molecule is [B]c1ccc(NC(=O)c2ccccc2NC(=O)c2ccc(C(=N)N3CCSCC3)cc2)nc1. The van der Waals surface area contributed by atoms with Crippen LogP contribution >= 0.6 is 11.8 Å². The van der Waals surface area contributed by atoms with Crippen molar-refractivity contribution >= 4 is 54.2 Å². The Balaban J connectivity index is 1.44. The van der Waals surface area contributed by atoms with Crippen LogP contribution in [0.3, 0.4) is 0 Å². The van der Waals surface area contributed by atoms with Crippen molar-refractivity contribution in [2.45, 2.75) is 0 Å². The second kappa shape index (κ2) is 10.4. The van der Waals surface area contributed by atoms with Crippen molar-refractivity contribution in [3.63, 3.8) is 0 Å². The van der Waals surface area contributed by atoms with Gasteiger partial charge in [0.15, 0.2) is 0 Å². The first-order valence-electron chi connectivity index (χ1n) is 10.5. The van der Waals surface area contributed by atoms with Gasteiger partial charge in [0.25, 0.3) is 11.8 Å². The average molecular weight is 455 g/mol. The summed E-state index contributed by atoms with van der Waals surface area (Å²) in [4.78, 5) is 31.7. The molecule has 0 atom stereocenters. The smallest absolute Gasteiger partial charge is 0.258 e. The molecule has 1 fully saturated rings. The molecule has 1 aliphatic heterocycles. The fraction of sp³-hybridized carbons (Fsp3) is 0.167. The molecule has 0 aliphatic carbocycles. The van der Waals surface area contributed by atoms with Crippen molar-refractivity contribution < 1.29 is 9.59 Å². The Hall–Kier alpha value is -3.59. The van der Waals surface area contributed by atoms with Crippen LogP contribution in [0.2, 0.25) is 0 Å². The summed E-state index contributed by atoms with van der Waals surface area (Å²) in [6.07, 6.45) is 1.46. The topological polar surface area (TPSA) is 98.2 Å². The van der Waals surface area contributed by atoms with Crippen molar-refractivity contribution in [3.8, 4) is 0 Å². The van der Waals surface area contributed by atoms with E-state index in [0.29, 0.717) is 33.9 Å². The predicted octanol–water partition coefficient (Wildman–Crippen LogP) is 2.75. The first kappa shape index (κ1) is 22.6. The van der Waals surface area contributed by atoms with Crippen LogP contribution in [-0.4, -0.2) is 60.0 Å². The Bertz CT molecular complexity index is 1160. The highest BCUT2D eigenvalue weighted by Crippen LogP contribution is 2.19. The first-order valence-corrected chi connectivity index (χ1v) is 11.6. The maximum absolute atomic E-state index is 12.8. The molecule has 2 radical (unpaired) electrons. The molecule has 0 saturated carbocycles. The number of aromatic nitrogens is 1. The number of carbonyl (C=O) groups is 2. The molecule has 1 saturated heterocycles. The molecule has 2 heterocycles. The lowest BCUT2D eigenvalue weighted by Gasteiger charge is -2.28. The number of amides is 2. The van der Waals surface area contributed by atoms with Gasteiger partial charge in [-0.25, -0.2) is 4.98 Å². The van der Waals surface area contributed by atoms with E-state index in [-0.39, 0.29) is 5.91 Å². The maximum Gasteiger partial charge on any atom is 0.258 e. The standard InChI is InChI=1S/C24H22BN5O2S/c25-18-9-10-21(27-15-18)29-24(32)19-3-1-2-4-20(19)28-23(31)17-7-5-16(6-8-17)22(26)30-11-13-33-14-12-30/h1-10,15,26H,11-14H2,(H,28,31)(H,27,29,32). The summed E-state index contributed by atoms with van der Waals surface area (Å²) in [7, 11) is 5.63. The third kappa shape index (κ3) is 5.62. The predicted molar refractivity (Wildman–Crippen MR) is 134 cm³/mol. The zero-order valence-electron chi connectivity index (χ0n) is 17.9. The normalized spacial score (nSPS) is 13.3. The molecule has 0 unspecified atom stereocenters. The lowest BCUT2D eigenvalue weighted by molar-refractivity contribution is 0.102. The third-order valence-electron chi connectivity index (χ3n) is 5.20. The quantitative estimate of drug-likeness (QED) is 0.312. The summed E-state index contributed by atoms with van der Waals surface area (Å²) in [5.74, 6) is 2.13. The highest BCUT2D eigenvalue weighted by Gasteiger charge is 2.17. The van der Waals surface area contributed by atoms with Gasteiger partial charge in [0.2, 0.25) is 0 Å². The number of carbonyl (C=O) groups excluding carboxylic acids is 2. The third-order valence-corrected chi connectivity index (χ3v) is 6.14. The second-order valence-electron chi connectivity index (χ2n) is 7.46. The number of thioether (sulfide) groups is 1. The number of hydrogen-bond acceptors (Lipinski definition) is 5. The first-order chi connectivity index (χ1) is 16.0. The molecule has 33 heavy (non-hydrogen) atoms. The molecule has 0 bridgehead atoms. The number of rotatable bonds is 5. The fourth-order valence-electron chi connectivity index (χ4n) is 3.40. The van der Waals surface area contributed by atoms with Crippen LogP contribution in [0.15, 0.2) is 66.9 Å². The summed E-state index contributed by atoms with van der Waals surface area (Å²) in [5, 5.41) is 13.9. The van der Waals surface area contributed by atoms with Gasteiger partial charge in [-0.2, -0.15) is 11.8 Å². The molecule has 2 aromatic carbocycles. The van der Waals surface area contributed by atoms with Gasteiger partial charge in [-0.05, 0) is 30.3 Å². The second-order valence-corrected chi connectivity index (χ2v) is 8.68. The molecule has 1 aromatic heterocycles. The number of para-hydroxylation sites is 1. The van der Waals surface area contributed by atoms with Gasteiger partial charge in [0.05, 0.1) is 11.3 Å². The van der Waals surface area contributed by atoms with Crippen LogP contribution < -0.4 is 16.1 Å². The summed E-state index contributed by atoms with van der Waals surface area (Å²) in [5.41, 5.74) is 2.41. The highest BCUT2D eigenvalue weighted by molar-refractivity contribution is 7.99. The molecule has 1 aliphatic rings. The summed E-state index contributed by atoms with van der Waals surface area (Å²) in [6, 6.07) is 17.0. The number of anilines is 2. The van der Waals surface area contributed by atoms with Crippen molar-refractivity contribution in [1.82, 2.24) is 9.88 Å². The number of hydrogen-bond donors (Lipinski definition) is 3. The largest absolute Gasteiger partial charge is 0.355 e. The van der Waals surface area contributed by atoms with Crippen molar-refractivity contribution in [1.29, 1.82) is 5.41 Å². The van der Waals surface area contributed by atoms with E-state index in [2.05, 4.69) is 20.5 Å². The summed E-state index contributed by atoms with van der Waals surface area (Å²) < 4.78 is 0. The van der Waals surface area contributed by atoms with Gasteiger partial charge >= 0.3 is 0 Å². The van der Waals surface area contributed by atoms with Crippen LogP contribution in [0.4, 0.5) is 11.5 Å². The van der Waals surface area contributed by atoms with E-state index in [9.17, 15) is 9.59 Å². The Labute approximate surface area is 197 Å². The lowest BCUT2D eigenvalue weighted by atomic mass is 9.99. The van der Waals surface area contributed by atoms with Gasteiger partial charge in [-0.1, -0.05) is 35.8 Å². The number of nitrogens with zero attached hydrogens (tertiary/aromatic N) is 2. The minimum Gasteiger partial charge on any atom is -0.355 e. The van der Waals surface area contributed by atoms with E-state index in [1.165, 1.54) is 6.20 Å².